The fourth-order valence-electron chi connectivity index (χ4n) is 1.38. The molecule has 1 aromatic heterocycles. The molecule has 2 rings (SSSR count). The summed E-state index contributed by atoms with van der Waals surface area (Å²) < 4.78 is 1.73. The van der Waals surface area contributed by atoms with Gasteiger partial charge in [0, 0.05) is 12.6 Å². The van der Waals surface area contributed by atoms with E-state index in [0.29, 0.717) is 10.2 Å². The summed E-state index contributed by atoms with van der Waals surface area (Å²) >= 11 is 3.25. The molecule has 0 saturated carbocycles. The summed E-state index contributed by atoms with van der Waals surface area (Å²) in [6.07, 6.45) is 0. The Morgan fingerprint density at radius 1 is 1.31 bits per heavy atom. The molecule has 0 spiro atoms. The van der Waals surface area contributed by atoms with E-state index in [-0.39, 0.29) is 11.5 Å². The summed E-state index contributed by atoms with van der Waals surface area (Å²) in [7, 11) is 1.59. The Bertz CT molecular complexity index is 578. The number of nitrogens with two attached hydrogens (primary N) is 1. The van der Waals surface area contributed by atoms with Gasteiger partial charge in [0.1, 0.15) is 4.47 Å². The standard InChI is InChI=1S/C11H10BrN3O/c1-15-10(16)8(12)9(14-11(15)13)7-5-3-2-4-6-7/h2-6H,1H3,(H2,13,14). The van der Waals surface area contributed by atoms with Crippen LogP contribution >= 0.6 is 15.9 Å². The average molecular weight is 280 g/mol. The van der Waals surface area contributed by atoms with Gasteiger partial charge in [-0.25, -0.2) is 4.98 Å². The van der Waals surface area contributed by atoms with Crippen molar-refractivity contribution in [2.45, 2.75) is 0 Å². The number of halogens is 1. The van der Waals surface area contributed by atoms with Crippen LogP contribution in [0, 0.1) is 0 Å². The molecule has 16 heavy (non-hydrogen) atoms. The van der Waals surface area contributed by atoms with E-state index in [1.807, 2.05) is 30.3 Å². The molecule has 2 aromatic rings. The van der Waals surface area contributed by atoms with Crippen LogP contribution in [0.2, 0.25) is 0 Å². The zero-order valence-corrected chi connectivity index (χ0v) is 10.2. The molecule has 0 unspecified atom stereocenters. The molecule has 0 saturated heterocycles. The number of nitrogens with zero attached hydrogens (tertiary/aromatic N) is 2. The number of nitrogen functional groups attached to an aromatic ring is 1. The molecule has 0 bridgehead atoms. The largest absolute Gasteiger partial charge is 0.369 e. The summed E-state index contributed by atoms with van der Waals surface area (Å²) in [5.41, 5.74) is 6.90. The Morgan fingerprint density at radius 3 is 2.56 bits per heavy atom. The maximum atomic E-state index is 11.8. The maximum Gasteiger partial charge on any atom is 0.269 e. The van der Waals surface area contributed by atoms with Crippen molar-refractivity contribution in [3.63, 3.8) is 0 Å². The van der Waals surface area contributed by atoms with E-state index in [9.17, 15) is 4.79 Å². The van der Waals surface area contributed by atoms with Crippen molar-refractivity contribution in [1.29, 1.82) is 0 Å². The number of hydrogen-bond donors (Lipinski definition) is 1. The lowest BCUT2D eigenvalue weighted by Gasteiger charge is -2.07. The molecule has 5 heteroatoms. The van der Waals surface area contributed by atoms with Gasteiger partial charge in [0.25, 0.3) is 5.56 Å². The van der Waals surface area contributed by atoms with Gasteiger partial charge in [-0.05, 0) is 15.9 Å². The van der Waals surface area contributed by atoms with Crippen molar-refractivity contribution in [3.05, 3.63) is 45.2 Å². The molecular formula is C11H10BrN3O. The Balaban J connectivity index is 2.73. The molecule has 0 fully saturated rings. The van der Waals surface area contributed by atoms with Crippen LogP contribution in [0.15, 0.2) is 39.6 Å². The lowest BCUT2D eigenvalue weighted by atomic mass is 10.1. The van der Waals surface area contributed by atoms with Gasteiger partial charge in [-0.2, -0.15) is 0 Å². The van der Waals surface area contributed by atoms with Gasteiger partial charge in [0.05, 0.1) is 5.69 Å². The van der Waals surface area contributed by atoms with E-state index < -0.39 is 0 Å². The van der Waals surface area contributed by atoms with E-state index in [0.717, 1.165) is 5.56 Å². The SMILES string of the molecule is Cn1c(N)nc(-c2ccccc2)c(Br)c1=O. The molecule has 4 nitrogen and oxygen atoms in total. The van der Waals surface area contributed by atoms with Crippen LogP contribution in [0.25, 0.3) is 11.3 Å². The topological polar surface area (TPSA) is 60.9 Å². The van der Waals surface area contributed by atoms with Crippen LogP contribution in [0.1, 0.15) is 0 Å². The smallest absolute Gasteiger partial charge is 0.269 e. The first-order valence-corrected chi connectivity index (χ1v) is 5.48. The molecule has 0 aliphatic rings. The highest BCUT2D eigenvalue weighted by atomic mass is 79.9. The lowest BCUT2D eigenvalue weighted by Crippen LogP contribution is -2.22. The van der Waals surface area contributed by atoms with Crippen LogP contribution in [-0.2, 0) is 7.05 Å². The summed E-state index contributed by atoms with van der Waals surface area (Å²) in [6, 6.07) is 9.44. The fraction of sp³-hybridized carbons (Fsp3) is 0.0909. The van der Waals surface area contributed by atoms with Crippen LogP contribution < -0.4 is 11.3 Å². The lowest BCUT2D eigenvalue weighted by molar-refractivity contribution is 0.838. The molecule has 82 valence electrons. The summed E-state index contributed by atoms with van der Waals surface area (Å²) in [5.74, 6) is 0.201. The van der Waals surface area contributed by atoms with E-state index >= 15 is 0 Å². The maximum absolute atomic E-state index is 11.8. The van der Waals surface area contributed by atoms with Gasteiger partial charge < -0.3 is 5.73 Å². The fourth-order valence-corrected chi connectivity index (χ4v) is 1.96. The predicted molar refractivity (Wildman–Crippen MR) is 67.0 cm³/mol. The molecule has 0 atom stereocenters. The Kier molecular flexibility index (Phi) is 2.78. The highest BCUT2D eigenvalue weighted by Gasteiger charge is 2.11. The number of benzene rings is 1. The van der Waals surface area contributed by atoms with Crippen molar-refractivity contribution in [2.75, 3.05) is 5.73 Å². The summed E-state index contributed by atoms with van der Waals surface area (Å²) in [5, 5.41) is 0. The van der Waals surface area contributed by atoms with E-state index in [1.54, 1.807) is 7.05 Å². The third-order valence-electron chi connectivity index (χ3n) is 2.32. The van der Waals surface area contributed by atoms with E-state index in [2.05, 4.69) is 20.9 Å². The number of rotatable bonds is 1. The zero-order valence-electron chi connectivity index (χ0n) is 8.64. The van der Waals surface area contributed by atoms with Crippen LogP contribution in [0.4, 0.5) is 5.95 Å². The molecule has 0 aliphatic heterocycles. The third-order valence-corrected chi connectivity index (χ3v) is 3.03. The highest BCUT2D eigenvalue weighted by molar-refractivity contribution is 9.10. The minimum Gasteiger partial charge on any atom is -0.369 e. The first-order valence-electron chi connectivity index (χ1n) is 4.68. The summed E-state index contributed by atoms with van der Waals surface area (Å²) in [4.78, 5) is 16.0. The van der Waals surface area contributed by atoms with E-state index in [4.69, 9.17) is 5.73 Å². The molecular weight excluding hydrogens is 270 g/mol. The van der Waals surface area contributed by atoms with Crippen molar-refractivity contribution < 1.29 is 0 Å². The van der Waals surface area contributed by atoms with Gasteiger partial charge in [0.15, 0.2) is 0 Å². The van der Waals surface area contributed by atoms with Crippen LogP contribution in [0.5, 0.6) is 0 Å². The van der Waals surface area contributed by atoms with Gasteiger partial charge in [-0.3, -0.25) is 9.36 Å². The third kappa shape index (κ3) is 1.74. The van der Waals surface area contributed by atoms with Gasteiger partial charge in [-0.1, -0.05) is 30.3 Å². The monoisotopic (exact) mass is 279 g/mol. The average Bonchev–Trinajstić information content (AvgIpc) is 2.32. The van der Waals surface area contributed by atoms with Crippen molar-refractivity contribution in [2.24, 2.45) is 7.05 Å². The van der Waals surface area contributed by atoms with Crippen LogP contribution in [-0.4, -0.2) is 9.55 Å². The molecule has 0 aliphatic carbocycles. The second kappa shape index (κ2) is 4.09. The van der Waals surface area contributed by atoms with Crippen molar-refractivity contribution in [1.82, 2.24) is 9.55 Å². The van der Waals surface area contributed by atoms with Crippen molar-refractivity contribution >= 4 is 21.9 Å². The van der Waals surface area contributed by atoms with E-state index in [1.165, 1.54) is 4.57 Å². The molecule has 0 amide bonds. The van der Waals surface area contributed by atoms with Crippen molar-refractivity contribution in [3.8, 4) is 11.3 Å². The minimum absolute atomic E-state index is 0.189. The molecule has 1 aromatic carbocycles. The highest BCUT2D eigenvalue weighted by Crippen LogP contribution is 2.23. The second-order valence-electron chi connectivity index (χ2n) is 3.36. The molecule has 2 N–H and O–H groups in total. The first-order chi connectivity index (χ1) is 7.61. The van der Waals surface area contributed by atoms with Crippen LogP contribution in [0.3, 0.4) is 0 Å². The second-order valence-corrected chi connectivity index (χ2v) is 4.16. The normalized spacial score (nSPS) is 10.4. The molecule has 1 heterocycles. The number of aromatic nitrogens is 2. The predicted octanol–water partition coefficient (Wildman–Crippen LogP) is 1.79. The Labute approximate surface area is 101 Å². The zero-order chi connectivity index (χ0) is 11.7. The Morgan fingerprint density at radius 2 is 1.94 bits per heavy atom. The van der Waals surface area contributed by atoms with Gasteiger partial charge in [-0.15, -0.1) is 0 Å². The quantitative estimate of drug-likeness (QED) is 0.866. The number of anilines is 1. The van der Waals surface area contributed by atoms with Gasteiger partial charge in [0.2, 0.25) is 5.95 Å². The first kappa shape index (κ1) is 10.9. The van der Waals surface area contributed by atoms with Gasteiger partial charge >= 0.3 is 0 Å². The minimum atomic E-state index is -0.189. The molecule has 0 radical (unpaired) electrons. The number of hydrogen-bond acceptors (Lipinski definition) is 3. The summed E-state index contributed by atoms with van der Waals surface area (Å²) in [6.45, 7) is 0. The Hall–Kier alpha value is -1.62.